The molecule has 1 aliphatic rings. The fourth-order valence-electron chi connectivity index (χ4n) is 3.76. The van der Waals surface area contributed by atoms with E-state index in [0.717, 1.165) is 43.0 Å². The molecule has 0 aromatic carbocycles. The Hall–Kier alpha value is -0.790. The zero-order valence-electron chi connectivity index (χ0n) is 17.4. The number of rotatable bonds is 6. The lowest BCUT2D eigenvalue weighted by Crippen LogP contribution is -2.43. The van der Waals surface area contributed by atoms with Crippen LogP contribution in [0, 0.1) is 25.7 Å². The van der Waals surface area contributed by atoms with Gasteiger partial charge in [0, 0.05) is 31.9 Å². The summed E-state index contributed by atoms with van der Waals surface area (Å²) in [5.74, 6) is 2.61. The van der Waals surface area contributed by atoms with Gasteiger partial charge in [0.15, 0.2) is 5.96 Å². The van der Waals surface area contributed by atoms with Crippen LogP contribution in [0.5, 0.6) is 0 Å². The maximum absolute atomic E-state index is 4.87. The number of aryl methyl sites for hydroxylation is 2. The summed E-state index contributed by atoms with van der Waals surface area (Å²) in [6.45, 7) is 12.8. The molecule has 1 atom stereocenters. The fourth-order valence-corrected chi connectivity index (χ4v) is 3.76. The second kappa shape index (κ2) is 11.1. The molecule has 1 heterocycles. The first-order chi connectivity index (χ1) is 11.9. The molecular weight excluding hydrogens is 437 g/mol. The molecule has 0 aliphatic heterocycles. The van der Waals surface area contributed by atoms with Crippen LogP contribution in [0.4, 0.5) is 0 Å². The van der Waals surface area contributed by atoms with Crippen LogP contribution in [0.3, 0.4) is 0 Å². The monoisotopic (exact) mass is 475 g/mol. The molecule has 26 heavy (non-hydrogen) atoms. The molecule has 6 heteroatoms. The highest BCUT2D eigenvalue weighted by Crippen LogP contribution is 2.28. The molecule has 5 nitrogen and oxygen atoms in total. The lowest BCUT2D eigenvalue weighted by molar-refractivity contribution is 0.296. The van der Waals surface area contributed by atoms with Gasteiger partial charge in [0.1, 0.15) is 0 Å². The van der Waals surface area contributed by atoms with Crippen molar-refractivity contribution < 1.29 is 0 Å². The number of aliphatic imine (C=N–C) groups is 1. The van der Waals surface area contributed by atoms with Crippen molar-refractivity contribution >= 4 is 29.9 Å². The molecule has 1 fully saturated rings. The number of guanidine groups is 1. The fraction of sp³-hybridized carbons (Fsp3) is 0.800. The molecule has 1 unspecified atom stereocenters. The Balaban J connectivity index is 0.00000338. The summed E-state index contributed by atoms with van der Waals surface area (Å²) in [4.78, 5) is 4.87. The van der Waals surface area contributed by atoms with Crippen molar-refractivity contribution in [3.8, 4) is 0 Å². The smallest absolute Gasteiger partial charge is 0.191 e. The van der Waals surface area contributed by atoms with E-state index in [1.54, 1.807) is 0 Å². The second-order valence-corrected chi connectivity index (χ2v) is 7.87. The van der Waals surface area contributed by atoms with Crippen molar-refractivity contribution in [1.82, 2.24) is 20.4 Å². The number of hydrogen-bond acceptors (Lipinski definition) is 2. The predicted molar refractivity (Wildman–Crippen MR) is 121 cm³/mol. The average molecular weight is 475 g/mol. The van der Waals surface area contributed by atoms with Gasteiger partial charge < -0.3 is 10.6 Å². The summed E-state index contributed by atoms with van der Waals surface area (Å²) in [7, 11) is 2.01. The van der Waals surface area contributed by atoms with Crippen molar-refractivity contribution in [3.05, 3.63) is 17.0 Å². The van der Waals surface area contributed by atoms with Gasteiger partial charge in [-0.15, -0.1) is 24.0 Å². The van der Waals surface area contributed by atoms with Gasteiger partial charge >= 0.3 is 0 Å². The van der Waals surface area contributed by atoms with Crippen LogP contribution in [-0.4, -0.2) is 34.9 Å². The number of nitrogens with one attached hydrogen (secondary N) is 2. The standard InChI is InChI=1S/C20H37N5.HI/c1-7-21-20(22-13-18-10-8-14(2)9-11-18)23-15(3)12-19-16(4)24-25(6)17(19)5;/h14-15,18H,7-13H2,1-6H3,(H2,21,22,23);1H. The first-order valence-electron chi connectivity index (χ1n) is 9.94. The number of halogens is 1. The summed E-state index contributed by atoms with van der Waals surface area (Å²) in [5.41, 5.74) is 3.73. The lowest BCUT2D eigenvalue weighted by atomic mass is 9.83. The Kier molecular flexibility index (Phi) is 9.97. The van der Waals surface area contributed by atoms with E-state index in [-0.39, 0.29) is 24.0 Å². The van der Waals surface area contributed by atoms with Crippen molar-refractivity contribution in [2.24, 2.45) is 23.9 Å². The lowest BCUT2D eigenvalue weighted by Gasteiger charge is -2.25. The topological polar surface area (TPSA) is 54.2 Å². The van der Waals surface area contributed by atoms with E-state index in [4.69, 9.17) is 4.99 Å². The zero-order valence-corrected chi connectivity index (χ0v) is 19.8. The molecule has 2 N–H and O–H groups in total. The minimum absolute atomic E-state index is 0. The molecule has 0 saturated heterocycles. The van der Waals surface area contributed by atoms with Gasteiger partial charge in [-0.1, -0.05) is 19.8 Å². The molecule has 1 aromatic heterocycles. The largest absolute Gasteiger partial charge is 0.357 e. The van der Waals surface area contributed by atoms with Crippen LogP contribution in [0.15, 0.2) is 4.99 Å². The molecule has 0 amide bonds. The van der Waals surface area contributed by atoms with Crippen LogP contribution in [0.2, 0.25) is 0 Å². The van der Waals surface area contributed by atoms with E-state index in [1.165, 1.54) is 36.9 Å². The van der Waals surface area contributed by atoms with Gasteiger partial charge in [-0.25, -0.2) is 0 Å². The molecule has 150 valence electrons. The first kappa shape index (κ1) is 23.2. The number of aromatic nitrogens is 2. The van der Waals surface area contributed by atoms with Gasteiger partial charge in [0.25, 0.3) is 0 Å². The van der Waals surface area contributed by atoms with Crippen LogP contribution < -0.4 is 10.6 Å². The van der Waals surface area contributed by atoms with E-state index in [2.05, 4.69) is 50.4 Å². The summed E-state index contributed by atoms with van der Waals surface area (Å²) >= 11 is 0. The highest BCUT2D eigenvalue weighted by molar-refractivity contribution is 14.0. The maximum Gasteiger partial charge on any atom is 0.191 e. The molecule has 0 spiro atoms. The minimum atomic E-state index is 0. The van der Waals surface area contributed by atoms with Gasteiger partial charge in [0.05, 0.1) is 5.69 Å². The molecule has 0 radical (unpaired) electrons. The third-order valence-electron chi connectivity index (χ3n) is 5.54. The quantitative estimate of drug-likeness (QED) is 0.372. The summed E-state index contributed by atoms with van der Waals surface area (Å²) < 4.78 is 1.97. The Labute approximate surface area is 176 Å². The van der Waals surface area contributed by atoms with E-state index in [9.17, 15) is 0 Å². The van der Waals surface area contributed by atoms with Crippen LogP contribution in [0.1, 0.15) is 63.4 Å². The van der Waals surface area contributed by atoms with Crippen LogP contribution in [0.25, 0.3) is 0 Å². The third-order valence-corrected chi connectivity index (χ3v) is 5.54. The molecule has 0 bridgehead atoms. The van der Waals surface area contributed by atoms with Gasteiger partial charge in [-0.05, 0) is 64.4 Å². The Morgan fingerprint density at radius 2 is 1.92 bits per heavy atom. The molecular formula is C20H38IN5. The SMILES string of the molecule is CCNC(=NCC1CCC(C)CC1)NC(C)Cc1c(C)nn(C)c1C.I. The third kappa shape index (κ3) is 6.74. The Morgan fingerprint density at radius 3 is 2.46 bits per heavy atom. The summed E-state index contributed by atoms with van der Waals surface area (Å²) in [6, 6.07) is 0.325. The Morgan fingerprint density at radius 1 is 1.27 bits per heavy atom. The predicted octanol–water partition coefficient (Wildman–Crippen LogP) is 3.97. The summed E-state index contributed by atoms with van der Waals surface area (Å²) in [6.07, 6.45) is 6.35. The molecule has 1 aromatic rings. The maximum atomic E-state index is 4.87. The van der Waals surface area contributed by atoms with Crippen molar-refractivity contribution in [1.29, 1.82) is 0 Å². The minimum Gasteiger partial charge on any atom is -0.357 e. The highest BCUT2D eigenvalue weighted by Gasteiger charge is 2.18. The van der Waals surface area contributed by atoms with Crippen molar-refractivity contribution in [2.75, 3.05) is 13.1 Å². The normalized spacial score (nSPS) is 21.8. The molecule has 1 aliphatic carbocycles. The van der Waals surface area contributed by atoms with Gasteiger partial charge in [-0.2, -0.15) is 5.10 Å². The van der Waals surface area contributed by atoms with Crippen LogP contribution >= 0.6 is 24.0 Å². The second-order valence-electron chi connectivity index (χ2n) is 7.87. The van der Waals surface area contributed by atoms with Gasteiger partial charge in [0.2, 0.25) is 0 Å². The van der Waals surface area contributed by atoms with Crippen molar-refractivity contribution in [2.45, 2.75) is 72.8 Å². The molecule has 1 saturated carbocycles. The number of hydrogen-bond donors (Lipinski definition) is 2. The highest BCUT2D eigenvalue weighted by atomic mass is 127. The van der Waals surface area contributed by atoms with Gasteiger partial charge in [-0.3, -0.25) is 9.67 Å². The Bertz CT molecular complexity index is 573. The molecule has 2 rings (SSSR count). The first-order valence-corrected chi connectivity index (χ1v) is 9.94. The van der Waals surface area contributed by atoms with E-state index in [0.29, 0.717) is 6.04 Å². The van der Waals surface area contributed by atoms with Crippen molar-refractivity contribution in [3.63, 3.8) is 0 Å². The number of nitrogens with zero attached hydrogens (tertiary/aromatic N) is 3. The van der Waals surface area contributed by atoms with E-state index < -0.39 is 0 Å². The zero-order chi connectivity index (χ0) is 18.4. The van der Waals surface area contributed by atoms with E-state index >= 15 is 0 Å². The summed E-state index contributed by atoms with van der Waals surface area (Å²) in [5, 5.41) is 11.5. The van der Waals surface area contributed by atoms with E-state index in [1.807, 2.05) is 11.7 Å². The van der Waals surface area contributed by atoms with Crippen LogP contribution in [-0.2, 0) is 13.5 Å². The average Bonchev–Trinajstić information content (AvgIpc) is 2.80.